The van der Waals surface area contributed by atoms with Crippen molar-refractivity contribution in [1.82, 2.24) is 15.5 Å². The maximum atomic E-state index is 12.7. The maximum absolute atomic E-state index is 12.7. The van der Waals surface area contributed by atoms with Gasteiger partial charge in [0.05, 0.1) is 12.5 Å². The first-order valence-corrected chi connectivity index (χ1v) is 17.9. The summed E-state index contributed by atoms with van der Waals surface area (Å²) in [5.41, 5.74) is 15.0. The second-order valence-electron chi connectivity index (χ2n) is 12.1. The fourth-order valence-corrected chi connectivity index (χ4v) is 5.88. The molecular formula is C33H47BFN5O8S. The molecule has 4 rings (SSSR count). The molecule has 13 nitrogen and oxygen atoms in total. The number of hydrogen-bond donors (Lipinski definition) is 6. The van der Waals surface area contributed by atoms with Crippen LogP contribution in [-0.4, -0.2) is 73.8 Å². The van der Waals surface area contributed by atoms with Gasteiger partial charge in [-0.1, -0.05) is 34.6 Å². The minimum atomic E-state index is -4.99. The largest absolute Gasteiger partial charge is 0.488 e. The van der Waals surface area contributed by atoms with Crippen LogP contribution in [0.4, 0.5) is 3.89 Å². The van der Waals surface area contributed by atoms with Crippen molar-refractivity contribution in [2.75, 3.05) is 19.6 Å². The van der Waals surface area contributed by atoms with E-state index < -0.39 is 23.5 Å². The van der Waals surface area contributed by atoms with Gasteiger partial charge in [0.25, 0.3) is 5.91 Å². The van der Waals surface area contributed by atoms with Gasteiger partial charge in [-0.3, -0.25) is 14.4 Å². The summed E-state index contributed by atoms with van der Waals surface area (Å²) in [6.45, 7) is 2.27. The Bertz CT molecular complexity index is 1520. The van der Waals surface area contributed by atoms with E-state index in [0.29, 0.717) is 38.0 Å². The molecule has 2 fully saturated rings. The first-order chi connectivity index (χ1) is 23.4. The third-order valence-electron chi connectivity index (χ3n) is 8.36. The number of primary amides is 1. The standard InChI is InChI=1S/C24H37BN4O4.C9H10FNO4S/c26-14-3-1-2-9-23(30)27-16-18-10-12-20(13-11-18)24(31)28-17-21(19-6-4-7-19)29-15-5-8-22(29)25(32)33;10-16(13,14)15-8-4-1-7(2-5-8)3-6-9(11)12/h10-13,22,32-33H,1-9,14-17,26H2,(H,27,30)(H,28,31);1-2,4-5H,3,6H2,(H2,11,12). The van der Waals surface area contributed by atoms with E-state index in [-0.39, 0.29) is 29.9 Å². The minimum Gasteiger partial charge on any atom is -0.426 e. The van der Waals surface area contributed by atoms with E-state index in [9.17, 15) is 36.7 Å². The molecular weight excluding hydrogens is 656 g/mol. The molecule has 3 amide bonds. The van der Waals surface area contributed by atoms with E-state index in [1.165, 1.54) is 29.8 Å². The van der Waals surface area contributed by atoms with Gasteiger partial charge in [-0.25, -0.2) is 0 Å². The lowest BCUT2D eigenvalue weighted by Gasteiger charge is -2.34. The number of hydrogen-bond acceptors (Lipinski definition) is 10. The van der Waals surface area contributed by atoms with Crippen LogP contribution in [0.1, 0.15) is 85.7 Å². The molecule has 16 heteroatoms. The number of benzene rings is 2. The summed E-state index contributed by atoms with van der Waals surface area (Å²) in [7, 11) is -6.37. The van der Waals surface area contributed by atoms with Gasteiger partial charge in [0, 0.05) is 37.2 Å². The average Bonchev–Trinajstić information content (AvgIpc) is 3.53. The summed E-state index contributed by atoms with van der Waals surface area (Å²) >= 11 is 0. The number of aryl methyl sites for hydroxylation is 1. The maximum Gasteiger partial charge on any atom is 0.488 e. The zero-order chi connectivity index (χ0) is 35.8. The van der Waals surface area contributed by atoms with E-state index in [0.717, 1.165) is 74.7 Å². The molecule has 268 valence electrons. The van der Waals surface area contributed by atoms with E-state index in [2.05, 4.69) is 19.7 Å². The number of carbonyl (C=O) groups is 3. The van der Waals surface area contributed by atoms with Crippen molar-refractivity contribution in [2.24, 2.45) is 11.5 Å². The molecule has 1 aliphatic heterocycles. The predicted octanol–water partition coefficient (Wildman–Crippen LogP) is 2.16. The van der Waals surface area contributed by atoms with E-state index in [1.54, 1.807) is 12.1 Å². The number of likely N-dealkylation sites (tertiary alicyclic amines) is 1. The summed E-state index contributed by atoms with van der Waals surface area (Å²) in [6, 6.07) is 12.9. The molecule has 2 aliphatic rings. The van der Waals surface area contributed by atoms with Gasteiger partial charge in [0.1, 0.15) is 5.75 Å². The first-order valence-electron chi connectivity index (χ1n) is 16.5. The average molecular weight is 704 g/mol. The molecule has 1 unspecified atom stereocenters. The highest BCUT2D eigenvalue weighted by molar-refractivity contribution is 7.81. The monoisotopic (exact) mass is 703 g/mol. The quantitative estimate of drug-likeness (QED) is 0.0802. The summed E-state index contributed by atoms with van der Waals surface area (Å²) < 4.78 is 36.4. The number of carbonyl (C=O) groups excluding carboxylic acids is 3. The number of nitrogens with two attached hydrogens (primary N) is 2. The minimum absolute atomic E-state index is 0.0265. The third kappa shape index (κ3) is 14.2. The third-order valence-corrected chi connectivity index (χ3v) is 8.76. The second-order valence-corrected chi connectivity index (χ2v) is 13.0. The van der Waals surface area contributed by atoms with Gasteiger partial charge < -0.3 is 41.2 Å². The number of nitrogens with zero attached hydrogens (tertiary/aromatic N) is 1. The molecule has 0 bridgehead atoms. The Morgan fingerprint density at radius 3 is 2.18 bits per heavy atom. The first kappa shape index (κ1) is 39.5. The van der Waals surface area contributed by atoms with E-state index >= 15 is 0 Å². The topological polar surface area (TPSA) is 214 Å². The van der Waals surface area contributed by atoms with Gasteiger partial charge in [0.2, 0.25) is 11.8 Å². The van der Waals surface area contributed by atoms with Gasteiger partial charge in [-0.2, -0.15) is 8.42 Å². The van der Waals surface area contributed by atoms with Crippen LogP contribution in [0.15, 0.2) is 59.8 Å². The van der Waals surface area contributed by atoms with E-state index in [4.69, 9.17) is 11.5 Å². The second kappa shape index (κ2) is 19.9. The van der Waals surface area contributed by atoms with Crippen molar-refractivity contribution >= 4 is 35.3 Å². The number of nitrogens with one attached hydrogen (secondary N) is 2. The van der Waals surface area contributed by atoms with Crippen molar-refractivity contribution in [3.8, 4) is 5.75 Å². The smallest absolute Gasteiger partial charge is 0.426 e. The Morgan fingerprint density at radius 1 is 0.939 bits per heavy atom. The molecule has 1 saturated heterocycles. The molecule has 1 aliphatic carbocycles. The summed E-state index contributed by atoms with van der Waals surface area (Å²) in [4.78, 5) is 37.2. The Balaban J connectivity index is 0.000000341. The molecule has 0 aromatic heterocycles. The lowest BCUT2D eigenvalue weighted by atomic mass is 9.77. The number of halogens is 1. The SMILES string of the molecule is NC(=O)CCc1ccc(OS(=O)(=O)F)cc1.NCCCCCC(=O)NCc1ccc(C(=O)NCC(=C2CCC2)N2CCCC2B(O)O)cc1. The number of unbranched alkanes of at least 4 members (excludes halogenated alkanes) is 2. The molecule has 1 atom stereocenters. The molecule has 0 spiro atoms. The number of allylic oxidation sites excluding steroid dienone is 1. The molecule has 2 aromatic rings. The van der Waals surface area contributed by atoms with Crippen LogP contribution < -0.4 is 26.3 Å². The molecule has 0 radical (unpaired) electrons. The Morgan fingerprint density at radius 2 is 1.61 bits per heavy atom. The zero-order valence-electron chi connectivity index (χ0n) is 27.6. The summed E-state index contributed by atoms with van der Waals surface area (Å²) in [6.07, 6.45) is 8.69. The van der Waals surface area contributed by atoms with Crippen molar-refractivity contribution in [3.05, 3.63) is 76.5 Å². The van der Waals surface area contributed by atoms with E-state index in [1.807, 2.05) is 12.1 Å². The van der Waals surface area contributed by atoms with Gasteiger partial charge >= 0.3 is 17.6 Å². The highest BCUT2D eigenvalue weighted by Gasteiger charge is 2.36. The Labute approximate surface area is 287 Å². The highest BCUT2D eigenvalue weighted by atomic mass is 32.3. The zero-order valence-corrected chi connectivity index (χ0v) is 28.4. The van der Waals surface area contributed by atoms with Crippen molar-refractivity contribution < 1.29 is 40.9 Å². The fraction of sp³-hybridized carbons (Fsp3) is 0.485. The molecule has 2 aromatic carbocycles. The van der Waals surface area contributed by atoms with Crippen molar-refractivity contribution in [1.29, 1.82) is 0 Å². The molecule has 49 heavy (non-hydrogen) atoms. The van der Waals surface area contributed by atoms with Crippen LogP contribution in [0.25, 0.3) is 0 Å². The number of rotatable bonds is 17. The highest BCUT2D eigenvalue weighted by Crippen LogP contribution is 2.33. The Hall–Kier alpha value is -3.99. The van der Waals surface area contributed by atoms with Gasteiger partial charge in [0.15, 0.2) is 0 Å². The normalized spacial score (nSPS) is 15.4. The van der Waals surface area contributed by atoms with Crippen LogP contribution >= 0.6 is 0 Å². The van der Waals surface area contributed by atoms with Crippen LogP contribution in [0.5, 0.6) is 5.75 Å². The summed E-state index contributed by atoms with van der Waals surface area (Å²) in [5.74, 6) is -0.987. The lowest BCUT2D eigenvalue weighted by Crippen LogP contribution is -2.45. The van der Waals surface area contributed by atoms with Crippen molar-refractivity contribution in [2.45, 2.75) is 83.1 Å². The molecule has 1 saturated carbocycles. The van der Waals surface area contributed by atoms with Crippen LogP contribution in [-0.2, 0) is 33.1 Å². The van der Waals surface area contributed by atoms with Gasteiger partial charge in [-0.05, 0) is 98.9 Å². The van der Waals surface area contributed by atoms with Crippen LogP contribution in [0.2, 0.25) is 0 Å². The summed E-state index contributed by atoms with van der Waals surface area (Å²) in [5, 5.41) is 25.4. The lowest BCUT2D eigenvalue weighted by molar-refractivity contribution is -0.121. The predicted molar refractivity (Wildman–Crippen MR) is 184 cm³/mol. The Kier molecular flexibility index (Phi) is 16.0. The molecule has 1 heterocycles. The molecule has 8 N–H and O–H groups in total. The van der Waals surface area contributed by atoms with Crippen LogP contribution in [0, 0.1) is 0 Å². The van der Waals surface area contributed by atoms with Gasteiger partial charge in [-0.15, -0.1) is 0 Å². The fourth-order valence-electron chi connectivity index (χ4n) is 5.54. The van der Waals surface area contributed by atoms with Crippen molar-refractivity contribution in [3.63, 3.8) is 0 Å². The number of amides is 3. The van der Waals surface area contributed by atoms with Crippen LogP contribution in [0.3, 0.4) is 0 Å².